The fourth-order valence-corrected chi connectivity index (χ4v) is 3.06. The summed E-state index contributed by atoms with van der Waals surface area (Å²) in [5.74, 6) is 2.15. The van der Waals surface area contributed by atoms with Crippen molar-refractivity contribution in [2.75, 3.05) is 13.1 Å². The van der Waals surface area contributed by atoms with Crippen LogP contribution >= 0.6 is 0 Å². The Morgan fingerprint density at radius 2 is 2.05 bits per heavy atom. The van der Waals surface area contributed by atoms with Gasteiger partial charge in [-0.1, -0.05) is 36.3 Å². The molecule has 5 heteroatoms. The molecule has 0 amide bonds. The first-order chi connectivity index (χ1) is 10.8. The first kappa shape index (κ1) is 13.4. The van der Waals surface area contributed by atoms with Crippen molar-refractivity contribution in [1.29, 1.82) is 0 Å². The zero-order valence-corrected chi connectivity index (χ0v) is 12.5. The van der Waals surface area contributed by atoms with Crippen molar-refractivity contribution >= 4 is 10.9 Å². The van der Waals surface area contributed by atoms with E-state index in [-0.39, 0.29) is 0 Å². The van der Waals surface area contributed by atoms with Crippen molar-refractivity contribution in [2.24, 2.45) is 5.92 Å². The molecule has 3 heterocycles. The van der Waals surface area contributed by atoms with E-state index in [1.54, 1.807) is 0 Å². The highest BCUT2D eigenvalue weighted by Crippen LogP contribution is 2.30. The van der Waals surface area contributed by atoms with Crippen LogP contribution in [-0.4, -0.2) is 28.2 Å². The van der Waals surface area contributed by atoms with E-state index >= 15 is 0 Å². The summed E-state index contributed by atoms with van der Waals surface area (Å²) in [5.41, 5.74) is 1.71. The molecule has 0 saturated carbocycles. The molecule has 3 aromatic rings. The highest BCUT2D eigenvalue weighted by atomic mass is 16.5. The number of benzene rings is 1. The maximum atomic E-state index is 5.51. The van der Waals surface area contributed by atoms with E-state index < -0.39 is 0 Å². The molecule has 1 aliphatic heterocycles. The van der Waals surface area contributed by atoms with Crippen LogP contribution in [0.25, 0.3) is 22.4 Å². The average Bonchev–Trinajstić information content (AvgIpc) is 3.04. The van der Waals surface area contributed by atoms with Crippen LogP contribution in [0.3, 0.4) is 0 Å². The molecule has 1 fully saturated rings. The van der Waals surface area contributed by atoms with Gasteiger partial charge in [0.25, 0.3) is 0 Å². The van der Waals surface area contributed by atoms with Crippen LogP contribution in [0.5, 0.6) is 0 Å². The summed E-state index contributed by atoms with van der Waals surface area (Å²) in [5, 5.41) is 8.64. The lowest BCUT2D eigenvalue weighted by atomic mass is 9.88. The number of pyridine rings is 1. The van der Waals surface area contributed by atoms with Crippen molar-refractivity contribution in [2.45, 2.75) is 19.3 Å². The fraction of sp³-hybridized carbons (Fsp3) is 0.353. The molecule has 0 spiro atoms. The largest absolute Gasteiger partial charge is 0.339 e. The summed E-state index contributed by atoms with van der Waals surface area (Å²) < 4.78 is 5.51. The summed E-state index contributed by atoms with van der Waals surface area (Å²) >= 11 is 0. The normalized spacial score (nSPS) is 22.0. The number of rotatable bonds is 2. The number of nitrogens with zero attached hydrogens (tertiary/aromatic N) is 3. The lowest BCUT2D eigenvalue weighted by Gasteiger charge is -2.26. The van der Waals surface area contributed by atoms with E-state index in [2.05, 4.69) is 27.4 Å². The Bertz CT molecular complexity index is 798. The average molecular weight is 294 g/mol. The van der Waals surface area contributed by atoms with Gasteiger partial charge in [-0.15, -0.1) is 0 Å². The van der Waals surface area contributed by atoms with E-state index in [0.717, 1.165) is 42.0 Å². The zero-order valence-electron chi connectivity index (χ0n) is 12.5. The van der Waals surface area contributed by atoms with E-state index in [4.69, 9.17) is 4.52 Å². The number of nitrogens with one attached hydrogen (secondary N) is 1. The Morgan fingerprint density at radius 3 is 2.95 bits per heavy atom. The van der Waals surface area contributed by atoms with Gasteiger partial charge in [0.05, 0.1) is 5.52 Å². The van der Waals surface area contributed by atoms with Gasteiger partial charge in [-0.3, -0.25) is 0 Å². The second-order valence-corrected chi connectivity index (χ2v) is 5.92. The molecule has 0 bridgehead atoms. The van der Waals surface area contributed by atoms with E-state index in [1.165, 1.54) is 0 Å². The number of fused-ring (bicyclic) bond motifs is 1. The van der Waals surface area contributed by atoms with Crippen LogP contribution < -0.4 is 5.32 Å². The molecule has 1 aromatic carbocycles. The van der Waals surface area contributed by atoms with Crippen LogP contribution in [0.15, 0.2) is 40.9 Å². The first-order valence-corrected chi connectivity index (χ1v) is 7.72. The van der Waals surface area contributed by atoms with Gasteiger partial charge in [0.1, 0.15) is 5.69 Å². The van der Waals surface area contributed by atoms with E-state index in [1.807, 2.05) is 36.4 Å². The minimum absolute atomic E-state index is 0.336. The molecule has 112 valence electrons. The van der Waals surface area contributed by atoms with Gasteiger partial charge in [-0.25, -0.2) is 4.98 Å². The second kappa shape index (κ2) is 5.50. The SMILES string of the molecule is CC1CNCCC1c1nc(-c2ccc3ccccc3n2)no1. The summed E-state index contributed by atoms with van der Waals surface area (Å²) in [6.07, 6.45) is 1.04. The Kier molecular flexibility index (Phi) is 3.35. The quantitative estimate of drug-likeness (QED) is 0.787. The Balaban J connectivity index is 1.67. The van der Waals surface area contributed by atoms with Crippen LogP contribution in [0, 0.1) is 5.92 Å². The molecule has 1 N–H and O–H groups in total. The smallest absolute Gasteiger partial charge is 0.230 e. The fourth-order valence-electron chi connectivity index (χ4n) is 3.06. The molecule has 0 radical (unpaired) electrons. The van der Waals surface area contributed by atoms with Crippen LogP contribution in [0.4, 0.5) is 0 Å². The molecular formula is C17H18N4O. The predicted octanol–water partition coefficient (Wildman–Crippen LogP) is 3.00. The number of hydrogen-bond acceptors (Lipinski definition) is 5. The molecule has 0 aliphatic carbocycles. The van der Waals surface area contributed by atoms with Gasteiger partial charge >= 0.3 is 0 Å². The highest BCUT2D eigenvalue weighted by Gasteiger charge is 2.28. The van der Waals surface area contributed by atoms with Crippen molar-refractivity contribution in [3.8, 4) is 11.5 Å². The van der Waals surface area contributed by atoms with Crippen LogP contribution in [-0.2, 0) is 0 Å². The lowest BCUT2D eigenvalue weighted by Crippen LogP contribution is -2.33. The summed E-state index contributed by atoms with van der Waals surface area (Å²) in [7, 11) is 0. The van der Waals surface area contributed by atoms with Crippen LogP contribution in [0.2, 0.25) is 0 Å². The molecule has 1 saturated heterocycles. The third kappa shape index (κ3) is 2.37. The molecule has 22 heavy (non-hydrogen) atoms. The van der Waals surface area contributed by atoms with E-state index in [0.29, 0.717) is 17.7 Å². The maximum absolute atomic E-state index is 5.51. The predicted molar refractivity (Wildman–Crippen MR) is 84.4 cm³/mol. The summed E-state index contributed by atoms with van der Waals surface area (Å²) in [6.45, 7) is 4.21. The van der Waals surface area contributed by atoms with Gasteiger partial charge in [0.2, 0.25) is 11.7 Å². The lowest BCUT2D eigenvalue weighted by molar-refractivity contribution is 0.270. The third-order valence-electron chi connectivity index (χ3n) is 4.37. The first-order valence-electron chi connectivity index (χ1n) is 7.72. The molecule has 2 aromatic heterocycles. The molecule has 5 nitrogen and oxygen atoms in total. The third-order valence-corrected chi connectivity index (χ3v) is 4.37. The summed E-state index contributed by atoms with van der Waals surface area (Å²) in [4.78, 5) is 9.22. The molecule has 2 unspecified atom stereocenters. The Hall–Kier alpha value is -2.27. The minimum Gasteiger partial charge on any atom is -0.339 e. The summed E-state index contributed by atoms with van der Waals surface area (Å²) in [6, 6.07) is 12.0. The van der Waals surface area contributed by atoms with Gasteiger partial charge in [0.15, 0.2) is 0 Å². The highest BCUT2D eigenvalue weighted by molar-refractivity contribution is 5.80. The van der Waals surface area contributed by atoms with Gasteiger partial charge in [-0.2, -0.15) is 4.98 Å². The number of hydrogen-bond donors (Lipinski definition) is 1. The van der Waals surface area contributed by atoms with Gasteiger partial charge in [-0.05, 0) is 37.6 Å². The number of aromatic nitrogens is 3. The second-order valence-electron chi connectivity index (χ2n) is 5.92. The maximum Gasteiger partial charge on any atom is 0.230 e. The minimum atomic E-state index is 0.336. The van der Waals surface area contributed by atoms with Gasteiger partial charge < -0.3 is 9.84 Å². The van der Waals surface area contributed by atoms with Crippen molar-refractivity contribution in [3.63, 3.8) is 0 Å². The molecule has 1 aliphatic rings. The molecular weight excluding hydrogens is 276 g/mol. The monoisotopic (exact) mass is 294 g/mol. The van der Waals surface area contributed by atoms with Crippen molar-refractivity contribution in [3.05, 3.63) is 42.3 Å². The standard InChI is InChI=1S/C17H18N4O/c1-11-10-18-9-8-13(11)17-20-16(21-22-17)15-7-6-12-4-2-3-5-14(12)19-15/h2-7,11,13,18H,8-10H2,1H3. The van der Waals surface area contributed by atoms with Gasteiger partial charge in [0, 0.05) is 11.3 Å². The molecule has 2 atom stereocenters. The zero-order chi connectivity index (χ0) is 14.9. The number of para-hydroxylation sites is 1. The van der Waals surface area contributed by atoms with Crippen molar-refractivity contribution in [1.82, 2.24) is 20.4 Å². The Morgan fingerprint density at radius 1 is 1.14 bits per heavy atom. The topological polar surface area (TPSA) is 63.8 Å². The van der Waals surface area contributed by atoms with Crippen LogP contribution in [0.1, 0.15) is 25.2 Å². The molecule has 4 rings (SSSR count). The van der Waals surface area contributed by atoms with Crippen molar-refractivity contribution < 1.29 is 4.52 Å². The number of piperidine rings is 1. The van der Waals surface area contributed by atoms with E-state index in [9.17, 15) is 0 Å². The Labute approximate surface area is 128 Å².